The van der Waals surface area contributed by atoms with Crippen LogP contribution >= 0.6 is 0 Å². The molecule has 0 fully saturated rings. The molecule has 9 heteroatoms. The Morgan fingerprint density at radius 1 is 0.338 bits per heavy atom. The summed E-state index contributed by atoms with van der Waals surface area (Å²) in [6, 6.07) is 19.1. The molecule has 0 aromatic heterocycles. The molecule has 0 atom stereocenters. The number of aryl methyl sites for hydroxylation is 2. The minimum atomic E-state index is -4.50. The van der Waals surface area contributed by atoms with Gasteiger partial charge in [0.05, 0.1) is 9.79 Å². The van der Waals surface area contributed by atoms with Crippen molar-refractivity contribution in [2.75, 3.05) is 0 Å². The molecule has 4 aromatic carbocycles. The Morgan fingerprint density at radius 2 is 0.569 bits per heavy atom. The van der Waals surface area contributed by atoms with E-state index < -0.39 is 20.2 Å². The van der Waals surface area contributed by atoms with Crippen LogP contribution in [0.4, 0.5) is 0 Å². The van der Waals surface area contributed by atoms with Crippen molar-refractivity contribution in [3.05, 3.63) is 82.9 Å². The number of hydrogen-bond acceptors (Lipinski definition) is 6. The van der Waals surface area contributed by atoms with Crippen LogP contribution in [0, 0.1) is 0 Å². The summed E-state index contributed by atoms with van der Waals surface area (Å²) in [5.74, 6) is 0. The number of rotatable bonds is 34. The van der Waals surface area contributed by atoms with Gasteiger partial charge in [0, 0.05) is 0 Å². The molecule has 65 heavy (non-hydrogen) atoms. The Morgan fingerprint density at radius 3 is 0.831 bits per heavy atom. The van der Waals surface area contributed by atoms with Crippen molar-refractivity contribution in [1.82, 2.24) is 0 Å². The van der Waals surface area contributed by atoms with E-state index in [-0.39, 0.29) is 29.3 Å². The largest absolute Gasteiger partial charge is 2.00 e. The third-order valence-electron chi connectivity index (χ3n) is 13.1. The molecule has 0 aliphatic carbocycles. The average Bonchev–Trinajstić information content (AvgIpc) is 3.27. The standard InChI is InChI=1S/2C28H44O3S.Zn/c2*1-3-5-7-9-11-13-15-21-26-25-20-18-17-19-24(25)23-28(32(29,30)31)27(26)22-16-14-12-10-8-6-4-2;/h2*17-20,23H,3-16,21-22H2,1-2H3,(H,29,30,31);/q;;+2/p-2. The molecular formula is C56H86O6S2Zn. The van der Waals surface area contributed by atoms with Crippen LogP contribution in [0.25, 0.3) is 21.5 Å². The molecule has 0 heterocycles. The van der Waals surface area contributed by atoms with Crippen molar-refractivity contribution in [2.24, 2.45) is 0 Å². The van der Waals surface area contributed by atoms with Crippen LogP contribution in [-0.4, -0.2) is 25.9 Å². The fourth-order valence-corrected chi connectivity index (χ4v) is 11.1. The van der Waals surface area contributed by atoms with Gasteiger partial charge in [-0.2, -0.15) is 0 Å². The summed E-state index contributed by atoms with van der Waals surface area (Å²) in [4.78, 5) is 0.0280. The molecule has 0 aliphatic heterocycles. The third-order valence-corrected chi connectivity index (χ3v) is 14.9. The van der Waals surface area contributed by atoms with E-state index in [0.29, 0.717) is 12.8 Å². The number of benzene rings is 4. The van der Waals surface area contributed by atoms with E-state index in [4.69, 9.17) is 0 Å². The van der Waals surface area contributed by atoms with E-state index in [0.717, 1.165) is 108 Å². The molecule has 0 aliphatic rings. The maximum Gasteiger partial charge on any atom is 2.00 e. The van der Waals surface area contributed by atoms with E-state index in [2.05, 4.69) is 39.8 Å². The summed E-state index contributed by atoms with van der Waals surface area (Å²) in [5, 5.41) is 3.96. The Bertz CT molecular complexity index is 1960. The molecule has 0 radical (unpaired) electrons. The monoisotopic (exact) mass is 983 g/mol. The molecule has 0 saturated heterocycles. The van der Waals surface area contributed by atoms with Crippen molar-refractivity contribution in [1.29, 1.82) is 0 Å². The summed E-state index contributed by atoms with van der Waals surface area (Å²) in [5.41, 5.74) is 3.77. The number of hydrogen-bond donors (Lipinski definition) is 0. The van der Waals surface area contributed by atoms with E-state index in [1.54, 1.807) is 12.1 Å². The van der Waals surface area contributed by atoms with Gasteiger partial charge in [-0.15, -0.1) is 0 Å². The van der Waals surface area contributed by atoms with Crippen molar-refractivity contribution in [3.63, 3.8) is 0 Å². The van der Waals surface area contributed by atoms with Crippen LogP contribution in [-0.2, 0) is 65.4 Å². The van der Waals surface area contributed by atoms with Gasteiger partial charge < -0.3 is 9.11 Å². The van der Waals surface area contributed by atoms with Gasteiger partial charge in [-0.3, -0.25) is 0 Å². The zero-order valence-corrected chi connectivity index (χ0v) is 46.0. The van der Waals surface area contributed by atoms with E-state index in [1.165, 1.54) is 128 Å². The summed E-state index contributed by atoms with van der Waals surface area (Å²) in [7, 11) is -9.00. The Hall–Kier alpha value is -2.16. The number of unbranched alkanes of at least 4 members (excludes halogenated alkanes) is 24. The molecule has 0 amide bonds. The molecule has 4 rings (SSSR count). The van der Waals surface area contributed by atoms with Crippen molar-refractivity contribution in [2.45, 2.75) is 243 Å². The molecule has 4 aromatic rings. The van der Waals surface area contributed by atoms with Crippen LogP contribution < -0.4 is 0 Å². The summed E-state index contributed by atoms with van der Waals surface area (Å²) < 4.78 is 73.1. The first-order chi connectivity index (χ1) is 31.0. The Labute approximate surface area is 410 Å². The quantitative estimate of drug-likeness (QED) is 0.0262. The SMILES string of the molecule is CCCCCCCCCc1c(S(=O)(=O)[O-])cc2ccccc2c1CCCCCCCCC.CCCCCCCCCc1c(S(=O)(=O)[O-])cc2ccccc2c1CCCCCCCCC.[Zn+2]. The summed E-state index contributed by atoms with van der Waals surface area (Å²) in [6.07, 6.45) is 36.7. The van der Waals surface area contributed by atoms with E-state index >= 15 is 0 Å². The zero-order chi connectivity index (χ0) is 46.5. The van der Waals surface area contributed by atoms with Crippen LogP contribution in [0.15, 0.2) is 70.5 Å². The molecule has 0 bridgehead atoms. The first-order valence-electron chi connectivity index (χ1n) is 26.0. The fourth-order valence-electron chi connectivity index (χ4n) is 9.48. The van der Waals surface area contributed by atoms with Gasteiger partial charge in [-0.1, -0.05) is 230 Å². The van der Waals surface area contributed by atoms with Gasteiger partial charge in [0.1, 0.15) is 20.2 Å². The first-order valence-corrected chi connectivity index (χ1v) is 28.8. The second-order valence-electron chi connectivity index (χ2n) is 18.5. The van der Waals surface area contributed by atoms with Crippen molar-refractivity contribution < 1.29 is 45.4 Å². The third kappa shape index (κ3) is 22.2. The number of fused-ring (bicyclic) bond motifs is 2. The van der Waals surface area contributed by atoms with Crippen LogP contribution in [0.1, 0.15) is 230 Å². The van der Waals surface area contributed by atoms with E-state index in [1.807, 2.05) is 36.4 Å². The molecular weight excluding hydrogens is 898 g/mol. The fraction of sp³-hybridized carbons (Fsp3) is 0.643. The minimum Gasteiger partial charge on any atom is -0.744 e. The van der Waals surface area contributed by atoms with Crippen LogP contribution in [0.3, 0.4) is 0 Å². The van der Waals surface area contributed by atoms with Gasteiger partial charge in [0.25, 0.3) is 0 Å². The molecule has 0 spiro atoms. The summed E-state index contributed by atoms with van der Waals surface area (Å²) >= 11 is 0. The second kappa shape index (κ2) is 34.2. The van der Waals surface area contributed by atoms with Gasteiger partial charge in [-0.05, 0) is 107 Å². The molecule has 0 unspecified atom stereocenters. The van der Waals surface area contributed by atoms with Gasteiger partial charge in [0.2, 0.25) is 0 Å². The van der Waals surface area contributed by atoms with Crippen molar-refractivity contribution >= 4 is 41.8 Å². The van der Waals surface area contributed by atoms with Crippen molar-refractivity contribution in [3.8, 4) is 0 Å². The molecule has 0 N–H and O–H groups in total. The average molecular weight is 985 g/mol. The van der Waals surface area contributed by atoms with Crippen LogP contribution in [0.5, 0.6) is 0 Å². The maximum absolute atomic E-state index is 12.2. The molecule has 6 nitrogen and oxygen atoms in total. The predicted molar refractivity (Wildman–Crippen MR) is 271 cm³/mol. The van der Waals surface area contributed by atoms with Gasteiger partial charge >= 0.3 is 19.5 Å². The van der Waals surface area contributed by atoms with Gasteiger partial charge in [-0.25, -0.2) is 16.8 Å². The Kier molecular flexibility index (Phi) is 31.0. The normalized spacial score (nSPS) is 11.8. The predicted octanol–water partition coefficient (Wildman–Crippen LogP) is 16.7. The van der Waals surface area contributed by atoms with Crippen LogP contribution in [0.2, 0.25) is 0 Å². The van der Waals surface area contributed by atoms with E-state index in [9.17, 15) is 25.9 Å². The molecule has 360 valence electrons. The van der Waals surface area contributed by atoms with Gasteiger partial charge in [0.15, 0.2) is 0 Å². The smallest absolute Gasteiger partial charge is 0.744 e. The minimum absolute atomic E-state index is 0. The first kappa shape index (κ1) is 59.0. The zero-order valence-electron chi connectivity index (χ0n) is 41.4. The maximum atomic E-state index is 12.2. The molecule has 0 saturated carbocycles. The Balaban J connectivity index is 0.000000440. The topological polar surface area (TPSA) is 114 Å². The summed E-state index contributed by atoms with van der Waals surface area (Å²) in [6.45, 7) is 8.90. The second-order valence-corrected chi connectivity index (χ2v) is 21.2.